The Morgan fingerprint density at radius 1 is 1.17 bits per heavy atom. The standard InChI is InChI=1S/C21H22ClN3O3S/c1-2-15-5-3-4-11-23(15)18(26)13-24-17-10-12-29-19(17)20(27)25(21(24)28)16-8-6-14(22)7-9-16/h6-10,12,15H,2-5,11,13H2,1H3/t15-/m1/s1. The lowest BCUT2D eigenvalue weighted by molar-refractivity contribution is -0.135. The predicted octanol–water partition coefficient (Wildman–Crippen LogP) is 3.66. The number of benzene rings is 1. The topological polar surface area (TPSA) is 64.3 Å². The van der Waals surface area contributed by atoms with Crippen molar-refractivity contribution in [3.05, 3.63) is 61.6 Å². The Morgan fingerprint density at radius 3 is 2.66 bits per heavy atom. The monoisotopic (exact) mass is 431 g/mol. The predicted molar refractivity (Wildman–Crippen MR) is 116 cm³/mol. The van der Waals surface area contributed by atoms with Gasteiger partial charge < -0.3 is 4.90 Å². The summed E-state index contributed by atoms with van der Waals surface area (Å²) >= 11 is 7.22. The number of likely N-dealkylation sites (tertiary alicyclic amines) is 1. The summed E-state index contributed by atoms with van der Waals surface area (Å²) in [4.78, 5) is 41.2. The van der Waals surface area contributed by atoms with Gasteiger partial charge in [0.05, 0.1) is 11.2 Å². The Hall–Kier alpha value is -2.38. The second kappa shape index (κ2) is 8.16. The molecule has 0 unspecified atom stereocenters. The van der Waals surface area contributed by atoms with Crippen LogP contribution in [-0.2, 0) is 11.3 Å². The number of piperidine rings is 1. The minimum absolute atomic E-state index is 0.0730. The smallest absolute Gasteiger partial charge is 0.336 e. The van der Waals surface area contributed by atoms with Crippen LogP contribution in [0.1, 0.15) is 32.6 Å². The fourth-order valence-electron chi connectivity index (χ4n) is 4.04. The first-order valence-electron chi connectivity index (χ1n) is 9.79. The van der Waals surface area contributed by atoms with Crippen LogP contribution in [0.2, 0.25) is 5.02 Å². The molecular formula is C21H22ClN3O3S. The van der Waals surface area contributed by atoms with E-state index in [1.165, 1.54) is 15.9 Å². The number of hydrogen-bond acceptors (Lipinski definition) is 4. The Bertz CT molecular complexity index is 1160. The first kappa shape index (κ1) is 19.9. The summed E-state index contributed by atoms with van der Waals surface area (Å²) in [5.41, 5.74) is 0.0518. The van der Waals surface area contributed by atoms with Gasteiger partial charge in [0.15, 0.2) is 0 Å². The van der Waals surface area contributed by atoms with Gasteiger partial charge in [0.2, 0.25) is 5.91 Å². The number of carbonyl (C=O) groups is 1. The number of amides is 1. The van der Waals surface area contributed by atoms with Gasteiger partial charge in [0.25, 0.3) is 5.56 Å². The highest BCUT2D eigenvalue weighted by Crippen LogP contribution is 2.21. The number of fused-ring (bicyclic) bond motifs is 1. The van der Waals surface area contributed by atoms with Crippen molar-refractivity contribution in [1.82, 2.24) is 14.0 Å². The van der Waals surface area contributed by atoms with E-state index in [-0.39, 0.29) is 24.1 Å². The van der Waals surface area contributed by atoms with Gasteiger partial charge in [-0.25, -0.2) is 9.36 Å². The largest absolute Gasteiger partial charge is 0.338 e. The van der Waals surface area contributed by atoms with E-state index in [2.05, 4.69) is 6.92 Å². The van der Waals surface area contributed by atoms with Crippen LogP contribution in [0.4, 0.5) is 0 Å². The van der Waals surface area contributed by atoms with E-state index in [1.54, 1.807) is 35.7 Å². The average Bonchev–Trinajstić information content (AvgIpc) is 3.22. The molecule has 1 amide bonds. The molecule has 4 rings (SSSR count). The molecule has 0 bridgehead atoms. The molecule has 3 aromatic rings. The number of thiophene rings is 1. The maximum atomic E-state index is 13.3. The van der Waals surface area contributed by atoms with E-state index in [9.17, 15) is 14.4 Å². The zero-order chi connectivity index (χ0) is 20.5. The number of halogens is 1. The highest BCUT2D eigenvalue weighted by Gasteiger charge is 2.26. The molecule has 1 aliphatic heterocycles. The lowest BCUT2D eigenvalue weighted by Gasteiger charge is -2.35. The minimum Gasteiger partial charge on any atom is -0.338 e. The lowest BCUT2D eigenvalue weighted by Crippen LogP contribution is -2.47. The van der Waals surface area contributed by atoms with Crippen LogP contribution in [-0.4, -0.2) is 32.5 Å². The number of rotatable bonds is 4. The molecule has 8 heteroatoms. The maximum absolute atomic E-state index is 13.3. The highest BCUT2D eigenvalue weighted by molar-refractivity contribution is 7.17. The Morgan fingerprint density at radius 2 is 1.93 bits per heavy atom. The van der Waals surface area contributed by atoms with Gasteiger partial charge >= 0.3 is 5.69 Å². The van der Waals surface area contributed by atoms with Gasteiger partial charge in [0.1, 0.15) is 11.2 Å². The van der Waals surface area contributed by atoms with Crippen molar-refractivity contribution in [1.29, 1.82) is 0 Å². The molecule has 152 valence electrons. The first-order chi connectivity index (χ1) is 14.0. The van der Waals surface area contributed by atoms with Crippen LogP contribution < -0.4 is 11.2 Å². The van der Waals surface area contributed by atoms with Crippen molar-refractivity contribution >= 4 is 39.1 Å². The van der Waals surface area contributed by atoms with Gasteiger partial charge in [-0.05, 0) is 61.4 Å². The second-order valence-corrected chi connectivity index (χ2v) is 8.62. The Balaban J connectivity index is 1.81. The molecule has 0 N–H and O–H groups in total. The average molecular weight is 432 g/mol. The molecular weight excluding hydrogens is 410 g/mol. The van der Waals surface area contributed by atoms with Crippen LogP contribution in [0, 0.1) is 0 Å². The fraction of sp³-hybridized carbons (Fsp3) is 0.381. The van der Waals surface area contributed by atoms with Crippen LogP contribution in [0.15, 0.2) is 45.3 Å². The summed E-state index contributed by atoms with van der Waals surface area (Å²) in [5.74, 6) is -0.0764. The summed E-state index contributed by atoms with van der Waals surface area (Å²) < 4.78 is 3.00. The van der Waals surface area contributed by atoms with Crippen molar-refractivity contribution in [2.75, 3.05) is 6.54 Å². The van der Waals surface area contributed by atoms with E-state index >= 15 is 0 Å². The minimum atomic E-state index is -0.512. The molecule has 2 aromatic heterocycles. The van der Waals surface area contributed by atoms with Crippen LogP contribution in [0.5, 0.6) is 0 Å². The molecule has 0 saturated carbocycles. The first-order valence-corrected chi connectivity index (χ1v) is 11.1. The molecule has 0 aliphatic carbocycles. The Labute approximate surface area is 176 Å². The van der Waals surface area contributed by atoms with Crippen LogP contribution >= 0.6 is 22.9 Å². The summed E-state index contributed by atoms with van der Waals surface area (Å²) in [5, 5.41) is 2.29. The van der Waals surface area contributed by atoms with Gasteiger partial charge in [-0.3, -0.25) is 14.2 Å². The molecule has 1 aliphatic rings. The zero-order valence-electron chi connectivity index (χ0n) is 16.1. The highest BCUT2D eigenvalue weighted by atomic mass is 35.5. The van der Waals surface area contributed by atoms with Crippen molar-refractivity contribution in [3.8, 4) is 5.69 Å². The number of aromatic nitrogens is 2. The van der Waals surface area contributed by atoms with Crippen LogP contribution in [0.3, 0.4) is 0 Å². The van der Waals surface area contributed by atoms with E-state index in [0.29, 0.717) is 20.9 Å². The molecule has 0 radical (unpaired) electrons. The molecule has 1 aromatic carbocycles. The molecule has 6 nitrogen and oxygen atoms in total. The Kier molecular flexibility index (Phi) is 5.61. The third kappa shape index (κ3) is 3.65. The van der Waals surface area contributed by atoms with Gasteiger partial charge in [-0.15, -0.1) is 11.3 Å². The van der Waals surface area contributed by atoms with E-state index in [4.69, 9.17) is 11.6 Å². The van der Waals surface area contributed by atoms with Gasteiger partial charge in [-0.2, -0.15) is 0 Å². The second-order valence-electron chi connectivity index (χ2n) is 7.27. The SMILES string of the molecule is CC[C@@H]1CCCCN1C(=O)Cn1c(=O)n(-c2ccc(Cl)cc2)c(=O)c2sccc21. The van der Waals surface area contributed by atoms with E-state index < -0.39 is 5.69 Å². The van der Waals surface area contributed by atoms with Crippen molar-refractivity contribution in [3.63, 3.8) is 0 Å². The fourth-order valence-corrected chi connectivity index (χ4v) is 4.99. The normalized spacial score (nSPS) is 17.0. The van der Waals surface area contributed by atoms with E-state index in [0.717, 1.165) is 36.8 Å². The molecule has 1 fully saturated rings. The van der Waals surface area contributed by atoms with Gasteiger partial charge in [-0.1, -0.05) is 18.5 Å². The number of hydrogen-bond donors (Lipinski definition) is 0. The quantitative estimate of drug-likeness (QED) is 0.633. The summed E-state index contributed by atoms with van der Waals surface area (Å²) in [6, 6.07) is 8.48. The summed E-state index contributed by atoms with van der Waals surface area (Å²) in [6.07, 6.45) is 4.00. The van der Waals surface area contributed by atoms with Crippen molar-refractivity contribution in [2.45, 2.75) is 45.2 Å². The third-order valence-corrected chi connectivity index (χ3v) is 6.70. The van der Waals surface area contributed by atoms with Gasteiger partial charge in [0, 0.05) is 17.6 Å². The van der Waals surface area contributed by atoms with Crippen LogP contribution in [0.25, 0.3) is 15.9 Å². The molecule has 1 saturated heterocycles. The zero-order valence-corrected chi connectivity index (χ0v) is 17.7. The summed E-state index contributed by atoms with van der Waals surface area (Å²) in [7, 11) is 0. The number of nitrogens with zero attached hydrogens (tertiary/aromatic N) is 3. The maximum Gasteiger partial charge on any atom is 0.336 e. The van der Waals surface area contributed by atoms with E-state index in [1.807, 2.05) is 4.90 Å². The number of carbonyl (C=O) groups excluding carboxylic acids is 1. The molecule has 0 spiro atoms. The molecule has 1 atom stereocenters. The van der Waals surface area contributed by atoms with Crippen molar-refractivity contribution < 1.29 is 4.79 Å². The molecule has 3 heterocycles. The van der Waals surface area contributed by atoms with Crippen molar-refractivity contribution in [2.24, 2.45) is 0 Å². The lowest BCUT2D eigenvalue weighted by atomic mass is 10.00. The molecule has 29 heavy (non-hydrogen) atoms. The summed E-state index contributed by atoms with van der Waals surface area (Å²) in [6.45, 7) is 2.73. The third-order valence-electron chi connectivity index (χ3n) is 5.55.